The zero-order valence-electron chi connectivity index (χ0n) is 22.4. The lowest BCUT2D eigenvalue weighted by molar-refractivity contribution is 0.0734. The predicted molar refractivity (Wildman–Crippen MR) is 145 cm³/mol. The first-order chi connectivity index (χ1) is 17.6. The van der Waals surface area contributed by atoms with E-state index in [4.69, 9.17) is 14.2 Å². The number of unbranched alkanes of at least 4 members (excludes halogenated alkanes) is 12. The predicted octanol–water partition coefficient (Wildman–Crippen LogP) is 9.30. The highest BCUT2D eigenvalue weighted by atomic mass is 19.1. The maximum absolute atomic E-state index is 14.4. The number of hydrogen-bond donors (Lipinski definition) is 0. The van der Waals surface area contributed by atoms with Gasteiger partial charge in [0.15, 0.2) is 11.6 Å². The van der Waals surface area contributed by atoms with Crippen LogP contribution in [0.4, 0.5) is 4.39 Å². The number of rotatable bonds is 20. The zero-order valence-corrected chi connectivity index (χ0v) is 22.4. The summed E-state index contributed by atoms with van der Waals surface area (Å²) in [4.78, 5) is 12.5. The standard InChI is InChI=1S/C31H45FO4/c1-3-5-7-9-11-12-14-15-23-34-27-19-17-26(18-20-27)31(33)36-28-21-22-30(29(32)25-28)35-24-16-13-10-8-6-4-2/h17-22,25H,3-16,23-24H2,1-2H3. The SMILES string of the molecule is CCCCCCCCCCOc1ccc(C(=O)Oc2ccc(OCCCCCCCC)c(F)c2)cc1. The summed E-state index contributed by atoms with van der Waals surface area (Å²) < 4.78 is 31.0. The fourth-order valence-corrected chi connectivity index (χ4v) is 4.01. The molecule has 2 aromatic carbocycles. The molecule has 0 amide bonds. The number of halogens is 1. The van der Waals surface area contributed by atoms with Crippen molar-refractivity contribution in [1.82, 2.24) is 0 Å². The van der Waals surface area contributed by atoms with E-state index in [0.29, 0.717) is 18.8 Å². The summed E-state index contributed by atoms with van der Waals surface area (Å²) in [6, 6.07) is 11.1. The molecule has 0 spiro atoms. The van der Waals surface area contributed by atoms with Crippen LogP contribution in [0, 0.1) is 5.82 Å². The quantitative estimate of drug-likeness (QED) is 0.103. The largest absolute Gasteiger partial charge is 0.494 e. The molecule has 0 aliphatic heterocycles. The fourth-order valence-electron chi connectivity index (χ4n) is 4.01. The highest BCUT2D eigenvalue weighted by Crippen LogP contribution is 2.24. The highest BCUT2D eigenvalue weighted by Gasteiger charge is 2.12. The van der Waals surface area contributed by atoms with Crippen LogP contribution < -0.4 is 14.2 Å². The van der Waals surface area contributed by atoms with Crippen molar-refractivity contribution < 1.29 is 23.4 Å². The molecule has 5 heteroatoms. The van der Waals surface area contributed by atoms with E-state index in [1.54, 1.807) is 30.3 Å². The summed E-state index contributed by atoms with van der Waals surface area (Å²) in [6.07, 6.45) is 16.9. The molecule has 0 aliphatic carbocycles. The highest BCUT2D eigenvalue weighted by molar-refractivity contribution is 5.91. The maximum atomic E-state index is 14.4. The molecule has 0 N–H and O–H groups in total. The van der Waals surface area contributed by atoms with Gasteiger partial charge in [-0.3, -0.25) is 0 Å². The molecule has 2 aromatic rings. The first-order valence-electron chi connectivity index (χ1n) is 14.0. The van der Waals surface area contributed by atoms with Crippen molar-refractivity contribution in [2.24, 2.45) is 0 Å². The smallest absolute Gasteiger partial charge is 0.343 e. The second kappa shape index (κ2) is 18.7. The third-order valence-electron chi connectivity index (χ3n) is 6.23. The first kappa shape index (κ1) is 29.7. The van der Waals surface area contributed by atoms with Crippen molar-refractivity contribution >= 4 is 5.97 Å². The fraction of sp³-hybridized carbons (Fsp3) is 0.581. The van der Waals surface area contributed by atoms with E-state index in [-0.39, 0.29) is 11.5 Å². The molecule has 0 aromatic heterocycles. The van der Waals surface area contributed by atoms with E-state index >= 15 is 0 Å². The van der Waals surface area contributed by atoms with Crippen LogP contribution >= 0.6 is 0 Å². The molecular weight excluding hydrogens is 455 g/mol. The molecule has 0 aliphatic rings. The van der Waals surface area contributed by atoms with Gasteiger partial charge in [-0.2, -0.15) is 0 Å². The molecule has 36 heavy (non-hydrogen) atoms. The van der Waals surface area contributed by atoms with Gasteiger partial charge in [0.05, 0.1) is 18.8 Å². The van der Waals surface area contributed by atoms with Crippen LogP contribution in [0.15, 0.2) is 42.5 Å². The minimum absolute atomic E-state index is 0.152. The van der Waals surface area contributed by atoms with Crippen molar-refractivity contribution in [1.29, 1.82) is 0 Å². The van der Waals surface area contributed by atoms with E-state index in [1.165, 1.54) is 82.8 Å². The third-order valence-corrected chi connectivity index (χ3v) is 6.23. The van der Waals surface area contributed by atoms with Crippen LogP contribution in [-0.2, 0) is 0 Å². The Labute approximate surface area is 217 Å². The van der Waals surface area contributed by atoms with Crippen LogP contribution in [0.1, 0.15) is 114 Å². The maximum Gasteiger partial charge on any atom is 0.343 e. The topological polar surface area (TPSA) is 44.8 Å². The van der Waals surface area contributed by atoms with Gasteiger partial charge in [0.1, 0.15) is 11.5 Å². The summed E-state index contributed by atoms with van der Waals surface area (Å²) in [5, 5.41) is 0. The normalized spacial score (nSPS) is 10.9. The monoisotopic (exact) mass is 500 g/mol. The van der Waals surface area contributed by atoms with Crippen molar-refractivity contribution in [3.8, 4) is 17.2 Å². The van der Waals surface area contributed by atoms with E-state index in [0.717, 1.165) is 25.0 Å². The Kier molecular flexibility index (Phi) is 15.4. The van der Waals surface area contributed by atoms with Crippen LogP contribution in [-0.4, -0.2) is 19.2 Å². The molecule has 0 saturated heterocycles. The number of ether oxygens (including phenoxy) is 3. The minimum Gasteiger partial charge on any atom is -0.494 e. The zero-order chi connectivity index (χ0) is 25.8. The van der Waals surface area contributed by atoms with Crippen molar-refractivity contribution in [2.45, 2.75) is 104 Å². The minimum atomic E-state index is -0.537. The van der Waals surface area contributed by atoms with E-state index in [2.05, 4.69) is 13.8 Å². The lowest BCUT2D eigenvalue weighted by atomic mass is 10.1. The van der Waals surface area contributed by atoms with Crippen LogP contribution in [0.3, 0.4) is 0 Å². The molecule has 0 saturated carbocycles. The van der Waals surface area contributed by atoms with Gasteiger partial charge in [0.2, 0.25) is 0 Å². The van der Waals surface area contributed by atoms with Crippen molar-refractivity contribution in [2.75, 3.05) is 13.2 Å². The van der Waals surface area contributed by atoms with E-state index in [1.807, 2.05) is 0 Å². The van der Waals surface area contributed by atoms with E-state index < -0.39 is 11.8 Å². The molecule has 2 rings (SSSR count). The number of benzene rings is 2. The van der Waals surface area contributed by atoms with Gasteiger partial charge in [0, 0.05) is 6.07 Å². The van der Waals surface area contributed by atoms with Crippen LogP contribution in [0.25, 0.3) is 0 Å². The van der Waals surface area contributed by atoms with Gasteiger partial charge in [-0.1, -0.05) is 90.9 Å². The summed E-state index contributed by atoms with van der Waals surface area (Å²) in [5.41, 5.74) is 0.387. The Balaban J connectivity index is 1.66. The molecule has 0 fully saturated rings. The van der Waals surface area contributed by atoms with Crippen molar-refractivity contribution in [3.63, 3.8) is 0 Å². The second-order valence-corrected chi connectivity index (χ2v) is 9.45. The summed E-state index contributed by atoms with van der Waals surface area (Å²) in [6.45, 7) is 5.58. The van der Waals surface area contributed by atoms with Gasteiger partial charge >= 0.3 is 5.97 Å². The third kappa shape index (κ3) is 12.4. The lowest BCUT2D eigenvalue weighted by Gasteiger charge is -2.10. The molecule has 4 nitrogen and oxygen atoms in total. The molecule has 0 radical (unpaired) electrons. The van der Waals surface area contributed by atoms with E-state index in [9.17, 15) is 9.18 Å². The average Bonchev–Trinajstić information content (AvgIpc) is 2.88. The number of hydrogen-bond acceptors (Lipinski definition) is 4. The van der Waals surface area contributed by atoms with Gasteiger partial charge < -0.3 is 14.2 Å². The Hall–Kier alpha value is -2.56. The van der Waals surface area contributed by atoms with Gasteiger partial charge in [-0.05, 0) is 49.2 Å². The lowest BCUT2D eigenvalue weighted by Crippen LogP contribution is -2.09. The molecule has 0 unspecified atom stereocenters. The number of carbonyl (C=O) groups is 1. The summed E-state index contributed by atoms with van der Waals surface area (Å²) in [7, 11) is 0. The average molecular weight is 501 g/mol. The van der Waals surface area contributed by atoms with Crippen LogP contribution in [0.2, 0.25) is 0 Å². The van der Waals surface area contributed by atoms with Crippen LogP contribution in [0.5, 0.6) is 17.2 Å². The Bertz CT molecular complexity index is 850. The molecular formula is C31H45FO4. The number of carbonyl (C=O) groups excluding carboxylic acids is 1. The second-order valence-electron chi connectivity index (χ2n) is 9.45. The summed E-state index contributed by atoms with van der Waals surface area (Å²) >= 11 is 0. The Morgan fingerprint density at radius 3 is 1.69 bits per heavy atom. The van der Waals surface area contributed by atoms with Gasteiger partial charge in [0.25, 0.3) is 0 Å². The Morgan fingerprint density at radius 1 is 0.639 bits per heavy atom. The molecule has 0 atom stereocenters. The molecule has 0 heterocycles. The molecule has 0 bridgehead atoms. The van der Waals surface area contributed by atoms with Gasteiger partial charge in [-0.15, -0.1) is 0 Å². The summed E-state index contributed by atoms with van der Waals surface area (Å²) in [5.74, 6) is -0.00560. The number of esters is 1. The first-order valence-corrected chi connectivity index (χ1v) is 14.0. The van der Waals surface area contributed by atoms with Gasteiger partial charge in [-0.25, -0.2) is 9.18 Å². The Morgan fingerprint density at radius 2 is 1.14 bits per heavy atom. The van der Waals surface area contributed by atoms with Crippen molar-refractivity contribution in [3.05, 3.63) is 53.8 Å². The molecule has 200 valence electrons.